The first-order valence-electron chi connectivity index (χ1n) is 8.30. The van der Waals surface area contributed by atoms with E-state index in [9.17, 15) is 9.18 Å². The Bertz CT molecular complexity index is 1040. The van der Waals surface area contributed by atoms with Gasteiger partial charge in [-0.3, -0.25) is 0 Å². The number of esters is 1. The van der Waals surface area contributed by atoms with Crippen LogP contribution in [-0.4, -0.2) is 15.5 Å². The fourth-order valence-electron chi connectivity index (χ4n) is 2.61. The summed E-state index contributed by atoms with van der Waals surface area (Å²) >= 11 is 0. The highest BCUT2D eigenvalue weighted by Gasteiger charge is 2.11. The highest BCUT2D eigenvalue weighted by molar-refractivity contribution is 5.89. The van der Waals surface area contributed by atoms with Gasteiger partial charge in [-0.15, -0.1) is 0 Å². The van der Waals surface area contributed by atoms with Crippen molar-refractivity contribution < 1.29 is 18.3 Å². The molecular weight excluding hydrogens is 347 g/mol. The Morgan fingerprint density at radius 2 is 1.74 bits per heavy atom. The number of carbonyl (C=O) groups is 1. The molecule has 0 fully saturated rings. The topological polar surface area (TPSA) is 57.3 Å². The molecule has 4 aromatic rings. The van der Waals surface area contributed by atoms with Crippen LogP contribution >= 0.6 is 0 Å². The standard InChI is InChI=1S/C21H15FN2O3/c22-17-7-3-15(4-8-17)19-13-23-20(27-19)14-26-21(25)16-5-9-18(10-6-16)24-11-1-2-12-24/h1-13H,14H2. The summed E-state index contributed by atoms with van der Waals surface area (Å²) in [5, 5.41) is 0. The lowest BCUT2D eigenvalue weighted by Gasteiger charge is -2.05. The van der Waals surface area contributed by atoms with Crippen molar-refractivity contribution in [2.75, 3.05) is 0 Å². The van der Waals surface area contributed by atoms with Crippen LogP contribution in [0.3, 0.4) is 0 Å². The molecule has 0 saturated heterocycles. The smallest absolute Gasteiger partial charge is 0.338 e. The summed E-state index contributed by atoms with van der Waals surface area (Å²) in [6, 6.07) is 16.8. The molecule has 0 aliphatic rings. The van der Waals surface area contributed by atoms with Crippen molar-refractivity contribution >= 4 is 5.97 Å². The minimum atomic E-state index is -0.462. The van der Waals surface area contributed by atoms with Gasteiger partial charge in [0.15, 0.2) is 12.4 Å². The van der Waals surface area contributed by atoms with Crippen LogP contribution in [0.15, 0.2) is 83.7 Å². The molecule has 27 heavy (non-hydrogen) atoms. The van der Waals surface area contributed by atoms with Crippen LogP contribution in [0.25, 0.3) is 17.0 Å². The van der Waals surface area contributed by atoms with Gasteiger partial charge >= 0.3 is 5.97 Å². The van der Waals surface area contributed by atoms with Crippen LogP contribution in [0.1, 0.15) is 16.2 Å². The number of halogens is 1. The highest BCUT2D eigenvalue weighted by atomic mass is 19.1. The molecule has 2 heterocycles. The molecule has 0 bridgehead atoms. The molecule has 2 aromatic heterocycles. The van der Waals surface area contributed by atoms with Crippen molar-refractivity contribution in [2.45, 2.75) is 6.61 Å². The van der Waals surface area contributed by atoms with Crippen molar-refractivity contribution in [1.82, 2.24) is 9.55 Å². The van der Waals surface area contributed by atoms with Crippen molar-refractivity contribution in [3.8, 4) is 17.0 Å². The highest BCUT2D eigenvalue weighted by Crippen LogP contribution is 2.21. The summed E-state index contributed by atoms with van der Waals surface area (Å²) in [4.78, 5) is 16.3. The molecule has 2 aromatic carbocycles. The first-order valence-corrected chi connectivity index (χ1v) is 8.30. The van der Waals surface area contributed by atoms with E-state index in [4.69, 9.17) is 9.15 Å². The molecule has 0 amide bonds. The average Bonchev–Trinajstić information content (AvgIpc) is 3.39. The molecule has 0 unspecified atom stereocenters. The molecular formula is C21H15FN2O3. The molecule has 0 atom stereocenters. The Kier molecular flexibility index (Phi) is 4.53. The van der Waals surface area contributed by atoms with Gasteiger partial charge in [-0.1, -0.05) is 0 Å². The minimum absolute atomic E-state index is 0.0839. The van der Waals surface area contributed by atoms with Gasteiger partial charge in [0.25, 0.3) is 0 Å². The average molecular weight is 362 g/mol. The molecule has 4 rings (SSSR count). The normalized spacial score (nSPS) is 10.7. The van der Waals surface area contributed by atoms with Crippen molar-refractivity contribution in [3.63, 3.8) is 0 Å². The summed E-state index contributed by atoms with van der Waals surface area (Å²) in [5.41, 5.74) is 2.09. The number of hydrogen-bond acceptors (Lipinski definition) is 4. The number of rotatable bonds is 5. The van der Waals surface area contributed by atoms with Crippen LogP contribution in [0.5, 0.6) is 0 Å². The number of hydrogen-bond donors (Lipinski definition) is 0. The van der Waals surface area contributed by atoms with E-state index in [1.807, 2.05) is 41.2 Å². The van der Waals surface area contributed by atoms with Crippen molar-refractivity contribution in [3.05, 3.63) is 96.5 Å². The van der Waals surface area contributed by atoms with Gasteiger partial charge in [-0.2, -0.15) is 0 Å². The van der Waals surface area contributed by atoms with Gasteiger partial charge in [0.05, 0.1) is 11.8 Å². The van der Waals surface area contributed by atoms with Crippen LogP contribution in [-0.2, 0) is 11.3 Å². The third-order valence-corrected chi connectivity index (χ3v) is 4.01. The monoisotopic (exact) mass is 362 g/mol. The van der Waals surface area contributed by atoms with Crippen LogP contribution < -0.4 is 0 Å². The van der Waals surface area contributed by atoms with Gasteiger partial charge < -0.3 is 13.7 Å². The molecule has 5 nitrogen and oxygen atoms in total. The number of benzene rings is 2. The lowest BCUT2D eigenvalue weighted by Crippen LogP contribution is -2.05. The number of nitrogens with zero attached hydrogens (tertiary/aromatic N) is 2. The van der Waals surface area contributed by atoms with E-state index >= 15 is 0 Å². The van der Waals surface area contributed by atoms with Crippen molar-refractivity contribution in [2.24, 2.45) is 0 Å². The minimum Gasteiger partial charge on any atom is -0.452 e. The number of ether oxygens (including phenoxy) is 1. The van der Waals surface area contributed by atoms with Gasteiger partial charge in [-0.05, 0) is 60.7 Å². The maximum absolute atomic E-state index is 13.0. The predicted molar refractivity (Wildman–Crippen MR) is 96.8 cm³/mol. The van der Waals surface area contributed by atoms with Crippen LogP contribution in [0.4, 0.5) is 4.39 Å². The Morgan fingerprint density at radius 3 is 2.44 bits per heavy atom. The van der Waals surface area contributed by atoms with Crippen LogP contribution in [0, 0.1) is 5.82 Å². The Labute approximate surface area is 154 Å². The molecule has 0 aliphatic heterocycles. The molecule has 0 aliphatic carbocycles. The second kappa shape index (κ2) is 7.29. The first-order chi connectivity index (χ1) is 13.2. The molecule has 0 spiro atoms. The largest absolute Gasteiger partial charge is 0.452 e. The number of aromatic nitrogens is 2. The van der Waals surface area contributed by atoms with E-state index < -0.39 is 5.97 Å². The summed E-state index contributed by atoms with van der Waals surface area (Å²) in [7, 11) is 0. The lowest BCUT2D eigenvalue weighted by atomic mass is 10.2. The SMILES string of the molecule is O=C(OCc1ncc(-c2ccc(F)cc2)o1)c1ccc(-n2cccc2)cc1. The van der Waals surface area contributed by atoms with Gasteiger partial charge in [-0.25, -0.2) is 14.2 Å². The predicted octanol–water partition coefficient (Wildman–Crippen LogP) is 4.63. The zero-order valence-corrected chi connectivity index (χ0v) is 14.2. The fraction of sp³-hybridized carbons (Fsp3) is 0.0476. The zero-order chi connectivity index (χ0) is 18.6. The van der Waals surface area contributed by atoms with Gasteiger partial charge in [0.1, 0.15) is 5.82 Å². The lowest BCUT2D eigenvalue weighted by molar-refractivity contribution is 0.0439. The van der Waals surface area contributed by atoms with E-state index in [0.29, 0.717) is 16.9 Å². The molecule has 134 valence electrons. The third-order valence-electron chi connectivity index (χ3n) is 4.01. The van der Waals surface area contributed by atoms with Crippen molar-refractivity contribution in [1.29, 1.82) is 0 Å². The Hall–Kier alpha value is -3.67. The Morgan fingerprint density at radius 1 is 1.04 bits per heavy atom. The molecule has 0 radical (unpaired) electrons. The van der Waals surface area contributed by atoms with Crippen LogP contribution in [0.2, 0.25) is 0 Å². The summed E-state index contributed by atoms with van der Waals surface area (Å²) in [6.45, 7) is -0.0839. The van der Waals surface area contributed by atoms with E-state index in [1.165, 1.54) is 18.3 Å². The summed E-state index contributed by atoms with van der Waals surface area (Å²) in [6.07, 6.45) is 5.37. The Balaban J connectivity index is 1.38. The van der Waals surface area contributed by atoms with E-state index in [1.54, 1.807) is 24.3 Å². The molecule has 0 N–H and O–H groups in total. The maximum Gasteiger partial charge on any atom is 0.338 e. The van der Waals surface area contributed by atoms with E-state index in [0.717, 1.165) is 5.69 Å². The summed E-state index contributed by atoms with van der Waals surface area (Å²) < 4.78 is 25.7. The second-order valence-corrected chi connectivity index (χ2v) is 5.84. The third kappa shape index (κ3) is 3.79. The zero-order valence-electron chi connectivity index (χ0n) is 14.2. The molecule has 0 saturated carbocycles. The maximum atomic E-state index is 13.0. The fourth-order valence-corrected chi connectivity index (χ4v) is 2.61. The molecule has 6 heteroatoms. The second-order valence-electron chi connectivity index (χ2n) is 5.84. The first kappa shape index (κ1) is 16.8. The van der Waals surface area contributed by atoms with Gasteiger partial charge in [0, 0.05) is 23.6 Å². The van der Waals surface area contributed by atoms with E-state index in [2.05, 4.69) is 4.98 Å². The summed E-state index contributed by atoms with van der Waals surface area (Å²) in [5.74, 6) is -0.0328. The van der Waals surface area contributed by atoms with Gasteiger partial charge in [0.2, 0.25) is 5.89 Å². The quantitative estimate of drug-likeness (QED) is 0.486. The van der Waals surface area contributed by atoms with E-state index in [-0.39, 0.29) is 18.3 Å². The number of oxazole rings is 1. The number of carbonyl (C=O) groups excluding carboxylic acids is 1.